The number of hydrogen-bond acceptors (Lipinski definition) is 5. The summed E-state index contributed by atoms with van der Waals surface area (Å²) in [6.45, 7) is 0. The molecule has 1 saturated carbocycles. The monoisotopic (exact) mass is 207 g/mol. The van der Waals surface area contributed by atoms with E-state index in [4.69, 9.17) is 5.73 Å². The average Bonchev–Trinajstić information content (AvgIpc) is 2.76. The second-order valence-corrected chi connectivity index (χ2v) is 4.21. The largest absolute Gasteiger partial charge is 0.366 e. The van der Waals surface area contributed by atoms with E-state index in [2.05, 4.69) is 20.4 Å². The molecule has 0 aromatic carbocycles. The summed E-state index contributed by atoms with van der Waals surface area (Å²) < 4.78 is 1.62. The van der Waals surface area contributed by atoms with Gasteiger partial charge in [0.2, 0.25) is 11.1 Å². The van der Waals surface area contributed by atoms with Gasteiger partial charge in [-0.15, -0.1) is 16.4 Å². The Bertz CT molecular complexity index is 456. The molecule has 0 radical (unpaired) electrons. The maximum absolute atomic E-state index is 5.43. The highest BCUT2D eigenvalue weighted by atomic mass is 32.1. The molecule has 0 spiro atoms. The van der Waals surface area contributed by atoms with E-state index in [1.54, 1.807) is 22.3 Å². The van der Waals surface area contributed by atoms with Gasteiger partial charge in [-0.2, -0.15) is 4.68 Å². The minimum absolute atomic E-state index is 0.285. The van der Waals surface area contributed by atoms with Gasteiger partial charge >= 0.3 is 0 Å². The molecule has 0 amide bonds. The van der Waals surface area contributed by atoms with E-state index in [-0.39, 0.29) is 5.95 Å². The lowest BCUT2D eigenvalue weighted by Gasteiger charge is -1.90. The molecule has 6 heteroatoms. The number of thiazole rings is 1. The fourth-order valence-electron chi connectivity index (χ4n) is 1.32. The van der Waals surface area contributed by atoms with Gasteiger partial charge in [-0.3, -0.25) is 0 Å². The second-order valence-electron chi connectivity index (χ2n) is 3.38. The Balaban J connectivity index is 1.95. The van der Waals surface area contributed by atoms with Gasteiger partial charge in [0.15, 0.2) is 0 Å². The van der Waals surface area contributed by atoms with E-state index in [0.717, 1.165) is 5.13 Å². The van der Waals surface area contributed by atoms with Gasteiger partial charge in [-0.05, 0) is 12.8 Å². The van der Waals surface area contributed by atoms with Crippen LogP contribution in [-0.4, -0.2) is 19.7 Å². The van der Waals surface area contributed by atoms with Gasteiger partial charge in [0.1, 0.15) is 6.33 Å². The SMILES string of the molecule is Nc1ncn(-c2nc(C3CC3)cs2)n1. The number of nitrogen functional groups attached to an aromatic ring is 1. The molecule has 0 bridgehead atoms. The maximum atomic E-state index is 5.43. The lowest BCUT2D eigenvalue weighted by Crippen LogP contribution is -1.95. The van der Waals surface area contributed by atoms with Crippen molar-refractivity contribution in [2.45, 2.75) is 18.8 Å². The van der Waals surface area contributed by atoms with Gasteiger partial charge in [-0.25, -0.2) is 9.97 Å². The quantitative estimate of drug-likeness (QED) is 0.802. The van der Waals surface area contributed by atoms with Gasteiger partial charge in [0.05, 0.1) is 5.69 Å². The van der Waals surface area contributed by atoms with Crippen LogP contribution in [-0.2, 0) is 0 Å². The zero-order chi connectivity index (χ0) is 9.54. The summed E-state index contributed by atoms with van der Waals surface area (Å²) in [6.07, 6.45) is 4.12. The lowest BCUT2D eigenvalue weighted by atomic mass is 10.3. The molecule has 2 heterocycles. The summed E-state index contributed by atoms with van der Waals surface area (Å²) in [5.74, 6) is 0.967. The van der Waals surface area contributed by atoms with Crippen LogP contribution in [0.1, 0.15) is 24.5 Å². The van der Waals surface area contributed by atoms with E-state index in [1.807, 2.05) is 0 Å². The Hall–Kier alpha value is -1.43. The van der Waals surface area contributed by atoms with Crippen LogP contribution in [0.3, 0.4) is 0 Å². The van der Waals surface area contributed by atoms with Crippen molar-refractivity contribution in [2.24, 2.45) is 0 Å². The Labute approximate surface area is 84.6 Å². The van der Waals surface area contributed by atoms with Crippen molar-refractivity contribution in [3.8, 4) is 5.13 Å². The lowest BCUT2D eigenvalue weighted by molar-refractivity contribution is 0.860. The van der Waals surface area contributed by atoms with Crippen molar-refractivity contribution >= 4 is 17.3 Å². The first kappa shape index (κ1) is 7.93. The number of nitrogens with zero attached hydrogens (tertiary/aromatic N) is 4. The minimum Gasteiger partial charge on any atom is -0.366 e. The van der Waals surface area contributed by atoms with E-state index in [0.29, 0.717) is 5.92 Å². The van der Waals surface area contributed by atoms with Crippen molar-refractivity contribution in [1.82, 2.24) is 19.7 Å². The molecule has 0 saturated heterocycles. The zero-order valence-corrected chi connectivity index (χ0v) is 8.24. The first-order chi connectivity index (χ1) is 6.83. The van der Waals surface area contributed by atoms with E-state index in [9.17, 15) is 0 Å². The highest BCUT2D eigenvalue weighted by Crippen LogP contribution is 2.40. The van der Waals surface area contributed by atoms with Crippen LogP contribution in [0, 0.1) is 0 Å². The normalized spacial score (nSPS) is 16.0. The Morgan fingerprint density at radius 1 is 1.50 bits per heavy atom. The molecule has 0 aliphatic heterocycles. The molecule has 72 valence electrons. The van der Waals surface area contributed by atoms with Crippen LogP contribution in [0.25, 0.3) is 5.13 Å². The summed E-state index contributed by atoms with van der Waals surface area (Å²) in [5, 5.41) is 6.94. The second kappa shape index (κ2) is 2.78. The fourth-order valence-corrected chi connectivity index (χ4v) is 2.14. The summed E-state index contributed by atoms with van der Waals surface area (Å²) in [5.41, 5.74) is 6.61. The third-order valence-corrected chi connectivity index (χ3v) is 3.06. The molecule has 2 aromatic heterocycles. The molecular formula is C8H9N5S. The van der Waals surface area contributed by atoms with Gasteiger partial charge in [0.25, 0.3) is 0 Å². The predicted molar refractivity (Wildman–Crippen MR) is 53.4 cm³/mol. The molecule has 5 nitrogen and oxygen atoms in total. The number of nitrogens with two attached hydrogens (primary N) is 1. The number of hydrogen-bond donors (Lipinski definition) is 1. The van der Waals surface area contributed by atoms with Crippen molar-refractivity contribution in [3.63, 3.8) is 0 Å². The Kier molecular flexibility index (Phi) is 1.57. The molecule has 1 fully saturated rings. The molecule has 0 atom stereocenters. The van der Waals surface area contributed by atoms with E-state index >= 15 is 0 Å². The van der Waals surface area contributed by atoms with Gasteiger partial charge in [0, 0.05) is 11.3 Å². The molecule has 1 aliphatic carbocycles. The number of rotatable bonds is 2. The number of aromatic nitrogens is 4. The molecular weight excluding hydrogens is 198 g/mol. The minimum atomic E-state index is 0.285. The van der Waals surface area contributed by atoms with Gasteiger partial charge < -0.3 is 5.73 Å². The Morgan fingerprint density at radius 2 is 2.36 bits per heavy atom. The molecule has 14 heavy (non-hydrogen) atoms. The molecule has 2 aromatic rings. The average molecular weight is 207 g/mol. The van der Waals surface area contributed by atoms with Crippen LogP contribution in [0.15, 0.2) is 11.7 Å². The summed E-state index contributed by atoms with van der Waals surface area (Å²) in [4.78, 5) is 8.34. The van der Waals surface area contributed by atoms with Crippen LogP contribution in [0.5, 0.6) is 0 Å². The molecule has 3 rings (SSSR count). The third-order valence-electron chi connectivity index (χ3n) is 2.21. The van der Waals surface area contributed by atoms with E-state index in [1.165, 1.54) is 18.5 Å². The molecule has 1 aliphatic rings. The number of anilines is 1. The highest BCUT2D eigenvalue weighted by molar-refractivity contribution is 7.12. The highest BCUT2D eigenvalue weighted by Gasteiger charge is 2.26. The zero-order valence-electron chi connectivity index (χ0n) is 7.42. The summed E-state index contributed by atoms with van der Waals surface area (Å²) in [6, 6.07) is 0. The van der Waals surface area contributed by atoms with Crippen LogP contribution in [0.4, 0.5) is 5.95 Å². The molecule has 0 unspecified atom stereocenters. The first-order valence-electron chi connectivity index (χ1n) is 4.46. The van der Waals surface area contributed by atoms with Crippen LogP contribution < -0.4 is 5.73 Å². The van der Waals surface area contributed by atoms with Crippen LogP contribution >= 0.6 is 11.3 Å². The third kappa shape index (κ3) is 1.27. The molecule has 2 N–H and O–H groups in total. The Morgan fingerprint density at radius 3 is 3.00 bits per heavy atom. The van der Waals surface area contributed by atoms with Crippen molar-refractivity contribution < 1.29 is 0 Å². The first-order valence-corrected chi connectivity index (χ1v) is 5.34. The summed E-state index contributed by atoms with van der Waals surface area (Å²) >= 11 is 1.58. The standard InChI is InChI=1S/C8H9N5S/c9-7-10-4-13(12-7)8-11-6(3-14-8)5-1-2-5/h3-5H,1-2H2,(H2,9,12). The van der Waals surface area contributed by atoms with Crippen LogP contribution in [0.2, 0.25) is 0 Å². The topological polar surface area (TPSA) is 69.6 Å². The van der Waals surface area contributed by atoms with E-state index < -0.39 is 0 Å². The van der Waals surface area contributed by atoms with Crippen molar-refractivity contribution in [2.75, 3.05) is 5.73 Å². The van der Waals surface area contributed by atoms with Crippen molar-refractivity contribution in [1.29, 1.82) is 0 Å². The van der Waals surface area contributed by atoms with Gasteiger partial charge in [-0.1, -0.05) is 0 Å². The smallest absolute Gasteiger partial charge is 0.239 e. The maximum Gasteiger partial charge on any atom is 0.239 e. The van der Waals surface area contributed by atoms with Crippen molar-refractivity contribution in [3.05, 3.63) is 17.4 Å². The summed E-state index contributed by atoms with van der Waals surface area (Å²) in [7, 11) is 0. The fraction of sp³-hybridized carbons (Fsp3) is 0.375. The predicted octanol–water partition coefficient (Wildman–Crippen LogP) is 1.18.